The molecule has 0 radical (unpaired) electrons. The van der Waals surface area contributed by atoms with Crippen molar-refractivity contribution in [2.75, 3.05) is 37.7 Å². The number of ether oxygens (including phenoxy) is 1. The number of hydrogen-bond donors (Lipinski definition) is 0. The first-order valence-electron chi connectivity index (χ1n) is 9.63. The summed E-state index contributed by atoms with van der Waals surface area (Å²) in [4.78, 5) is 22.1. The Morgan fingerprint density at radius 1 is 1.17 bits per heavy atom. The highest BCUT2D eigenvalue weighted by atomic mass is 35.5. The number of halogens is 1. The van der Waals surface area contributed by atoms with Gasteiger partial charge in [-0.2, -0.15) is 5.10 Å². The summed E-state index contributed by atoms with van der Waals surface area (Å²) < 4.78 is 8.32. The molecule has 0 aliphatic rings. The first-order chi connectivity index (χ1) is 13.6. The molecule has 29 heavy (non-hydrogen) atoms. The summed E-state index contributed by atoms with van der Waals surface area (Å²) in [5.41, 5.74) is 1.35. The van der Waals surface area contributed by atoms with Gasteiger partial charge in [-0.25, -0.2) is 4.98 Å². The zero-order valence-corrected chi connectivity index (χ0v) is 18.9. The Balaban J connectivity index is 0.00000300. The highest BCUT2D eigenvalue weighted by molar-refractivity contribution is 7.22. The number of aryl methyl sites for hydroxylation is 1. The van der Waals surface area contributed by atoms with Crippen LogP contribution >= 0.6 is 23.7 Å². The maximum atomic E-state index is 13.3. The molecule has 158 valence electrons. The molecule has 0 aliphatic heterocycles. The molecule has 0 saturated heterocycles. The topological polar surface area (TPSA) is 63.5 Å². The van der Waals surface area contributed by atoms with Crippen LogP contribution in [0.2, 0.25) is 0 Å². The quantitative estimate of drug-likeness (QED) is 0.509. The lowest BCUT2D eigenvalue weighted by Gasteiger charge is -2.24. The minimum atomic E-state index is -0.0934. The van der Waals surface area contributed by atoms with Crippen LogP contribution in [-0.2, 0) is 7.05 Å². The first-order valence-corrected chi connectivity index (χ1v) is 10.4. The number of anilines is 1. The monoisotopic (exact) mass is 437 g/mol. The van der Waals surface area contributed by atoms with Crippen molar-refractivity contribution in [2.45, 2.75) is 20.8 Å². The smallest absolute Gasteiger partial charge is 0.278 e. The minimum Gasteiger partial charge on any atom is -0.492 e. The van der Waals surface area contributed by atoms with Crippen LogP contribution in [0.25, 0.3) is 10.2 Å². The molecule has 0 fully saturated rings. The number of para-hydroxylation sites is 1. The molecule has 2 heterocycles. The Bertz CT molecular complexity index is 938. The van der Waals surface area contributed by atoms with E-state index in [2.05, 4.69) is 23.8 Å². The van der Waals surface area contributed by atoms with Crippen molar-refractivity contribution in [3.63, 3.8) is 0 Å². The lowest BCUT2D eigenvalue weighted by Crippen LogP contribution is -2.39. The van der Waals surface area contributed by atoms with Gasteiger partial charge in [0.05, 0.1) is 11.3 Å². The molecule has 0 aliphatic carbocycles. The molecular weight excluding hydrogens is 410 g/mol. The van der Waals surface area contributed by atoms with E-state index in [1.54, 1.807) is 28.9 Å². The average Bonchev–Trinajstić information content (AvgIpc) is 3.32. The molecule has 3 aromatic rings. The van der Waals surface area contributed by atoms with Crippen molar-refractivity contribution in [3.05, 3.63) is 36.2 Å². The number of carbonyl (C=O) groups excluding carboxylic acids is 1. The lowest BCUT2D eigenvalue weighted by molar-refractivity contribution is 0.0974. The van der Waals surface area contributed by atoms with Crippen molar-refractivity contribution in [1.29, 1.82) is 0 Å². The van der Waals surface area contributed by atoms with E-state index in [0.717, 1.165) is 35.6 Å². The van der Waals surface area contributed by atoms with Gasteiger partial charge in [0.1, 0.15) is 17.0 Å². The van der Waals surface area contributed by atoms with Crippen molar-refractivity contribution >= 4 is 45.0 Å². The molecule has 0 bridgehead atoms. The molecule has 0 unspecified atom stereocenters. The number of nitrogens with zero attached hydrogens (tertiary/aromatic N) is 5. The van der Waals surface area contributed by atoms with E-state index >= 15 is 0 Å². The Hall–Kier alpha value is -2.16. The second-order valence-corrected chi connectivity index (χ2v) is 7.37. The second-order valence-electron chi connectivity index (χ2n) is 6.36. The molecule has 0 atom stereocenters. The van der Waals surface area contributed by atoms with Crippen LogP contribution in [0.4, 0.5) is 5.13 Å². The molecule has 7 nitrogen and oxygen atoms in total. The molecule has 3 rings (SSSR count). The lowest BCUT2D eigenvalue weighted by atomic mass is 10.3. The average molecular weight is 438 g/mol. The summed E-state index contributed by atoms with van der Waals surface area (Å²) >= 11 is 1.51. The molecule has 2 aromatic heterocycles. The van der Waals surface area contributed by atoms with Gasteiger partial charge >= 0.3 is 0 Å². The van der Waals surface area contributed by atoms with Gasteiger partial charge in [0.25, 0.3) is 5.91 Å². The van der Waals surface area contributed by atoms with Crippen molar-refractivity contribution in [3.8, 4) is 5.75 Å². The summed E-state index contributed by atoms with van der Waals surface area (Å²) in [6, 6.07) is 7.62. The largest absolute Gasteiger partial charge is 0.492 e. The highest BCUT2D eigenvalue weighted by Crippen LogP contribution is 2.34. The summed E-state index contributed by atoms with van der Waals surface area (Å²) in [5, 5.41) is 4.83. The Labute approximate surface area is 181 Å². The van der Waals surface area contributed by atoms with Crippen LogP contribution < -0.4 is 9.64 Å². The van der Waals surface area contributed by atoms with Gasteiger partial charge in [-0.15, -0.1) is 12.4 Å². The third kappa shape index (κ3) is 5.07. The van der Waals surface area contributed by atoms with Gasteiger partial charge in [-0.05, 0) is 38.2 Å². The van der Waals surface area contributed by atoms with E-state index < -0.39 is 0 Å². The van der Waals surface area contributed by atoms with E-state index in [9.17, 15) is 4.79 Å². The summed E-state index contributed by atoms with van der Waals surface area (Å²) in [5.74, 6) is 0.656. The third-order valence-corrected chi connectivity index (χ3v) is 5.76. The van der Waals surface area contributed by atoms with Crippen LogP contribution in [-0.4, -0.2) is 58.4 Å². The fraction of sp³-hybridized carbons (Fsp3) is 0.450. The molecular formula is C20H28ClN5O2S. The second kappa shape index (κ2) is 10.6. The van der Waals surface area contributed by atoms with Crippen LogP contribution in [0.15, 0.2) is 30.5 Å². The number of rotatable bonds is 9. The summed E-state index contributed by atoms with van der Waals surface area (Å²) in [6.07, 6.45) is 1.64. The molecule has 0 spiro atoms. The SMILES string of the molecule is CCOc1cccc2sc(N(CCN(CC)CC)C(=O)c3ccnn3C)nc12.Cl. The molecule has 0 saturated carbocycles. The van der Waals surface area contributed by atoms with Crippen LogP contribution in [0.5, 0.6) is 5.75 Å². The standard InChI is InChI=1S/C20H27N5O2S.ClH/c1-5-24(6-2)13-14-25(19(26)15-11-12-21-23(15)4)20-22-18-16(27-7-3)9-8-10-17(18)28-20;/h8-12H,5-7,13-14H2,1-4H3;1H. The first kappa shape index (κ1) is 23.1. The fourth-order valence-corrected chi connectivity index (χ4v) is 4.09. The Morgan fingerprint density at radius 3 is 2.55 bits per heavy atom. The fourth-order valence-electron chi connectivity index (χ4n) is 3.09. The Kier molecular flexibility index (Phi) is 8.43. The van der Waals surface area contributed by atoms with Gasteiger partial charge in [-0.3, -0.25) is 14.4 Å². The van der Waals surface area contributed by atoms with Crippen LogP contribution in [0.3, 0.4) is 0 Å². The molecule has 9 heteroatoms. The van der Waals surface area contributed by atoms with Gasteiger partial charge in [0, 0.05) is 26.3 Å². The van der Waals surface area contributed by atoms with Gasteiger partial charge in [0.2, 0.25) is 0 Å². The van der Waals surface area contributed by atoms with Crippen molar-refractivity contribution in [2.24, 2.45) is 7.05 Å². The normalized spacial score (nSPS) is 10.9. The van der Waals surface area contributed by atoms with Crippen LogP contribution in [0, 0.1) is 0 Å². The number of carbonyl (C=O) groups is 1. The predicted molar refractivity (Wildman–Crippen MR) is 121 cm³/mol. The summed E-state index contributed by atoms with van der Waals surface area (Å²) in [7, 11) is 1.78. The molecule has 0 N–H and O–H groups in total. The van der Waals surface area contributed by atoms with Gasteiger partial charge in [-0.1, -0.05) is 31.3 Å². The maximum Gasteiger partial charge on any atom is 0.278 e. The van der Waals surface area contributed by atoms with Crippen LogP contribution in [0.1, 0.15) is 31.3 Å². The number of thiazole rings is 1. The van der Waals surface area contributed by atoms with E-state index in [1.165, 1.54) is 11.3 Å². The van der Waals surface area contributed by atoms with Crippen molar-refractivity contribution < 1.29 is 9.53 Å². The third-order valence-electron chi connectivity index (χ3n) is 4.72. The van der Waals surface area contributed by atoms with E-state index in [-0.39, 0.29) is 18.3 Å². The van der Waals surface area contributed by atoms with E-state index in [0.29, 0.717) is 24.0 Å². The van der Waals surface area contributed by atoms with Gasteiger partial charge < -0.3 is 9.64 Å². The molecule has 1 amide bonds. The number of hydrogen-bond acceptors (Lipinski definition) is 6. The molecule has 1 aromatic carbocycles. The predicted octanol–water partition coefficient (Wildman–Crippen LogP) is 3.84. The number of benzene rings is 1. The maximum absolute atomic E-state index is 13.3. The number of likely N-dealkylation sites (N-methyl/N-ethyl adjacent to an activating group) is 1. The number of aromatic nitrogens is 3. The number of fused-ring (bicyclic) bond motifs is 1. The highest BCUT2D eigenvalue weighted by Gasteiger charge is 2.24. The zero-order valence-electron chi connectivity index (χ0n) is 17.3. The van der Waals surface area contributed by atoms with Crippen molar-refractivity contribution in [1.82, 2.24) is 19.7 Å². The Morgan fingerprint density at radius 2 is 1.93 bits per heavy atom. The van der Waals surface area contributed by atoms with E-state index in [1.807, 2.05) is 25.1 Å². The summed E-state index contributed by atoms with van der Waals surface area (Å²) in [6.45, 7) is 10.0. The minimum absolute atomic E-state index is 0. The number of amides is 1. The van der Waals surface area contributed by atoms with E-state index in [4.69, 9.17) is 9.72 Å². The van der Waals surface area contributed by atoms with Gasteiger partial charge in [0.15, 0.2) is 5.13 Å². The zero-order chi connectivity index (χ0) is 20.1.